The highest BCUT2D eigenvalue weighted by atomic mass is 35.5. The highest BCUT2D eigenvalue weighted by Crippen LogP contribution is 2.11. The lowest BCUT2D eigenvalue weighted by molar-refractivity contribution is 0.447. The van der Waals surface area contributed by atoms with Gasteiger partial charge < -0.3 is 0 Å². The lowest BCUT2D eigenvalue weighted by Gasteiger charge is -2.20. The third-order valence-electron chi connectivity index (χ3n) is 2.25. The molecule has 1 aromatic rings. The van der Waals surface area contributed by atoms with Gasteiger partial charge in [-0.3, -0.25) is 0 Å². The summed E-state index contributed by atoms with van der Waals surface area (Å²) in [5, 5.41) is 0. The van der Waals surface area contributed by atoms with Crippen LogP contribution in [0.3, 0.4) is 0 Å². The van der Waals surface area contributed by atoms with E-state index in [-0.39, 0.29) is 17.5 Å². The summed E-state index contributed by atoms with van der Waals surface area (Å²) in [4.78, 5) is 0. The number of nitrogens with zero attached hydrogens (tertiary/aromatic N) is 1. The third kappa shape index (κ3) is 4.84. The van der Waals surface area contributed by atoms with Gasteiger partial charge in [-0.25, -0.2) is 8.42 Å². The van der Waals surface area contributed by atoms with Gasteiger partial charge in [0.15, 0.2) is 0 Å². The summed E-state index contributed by atoms with van der Waals surface area (Å²) in [6, 6.07) is 9.07. The van der Waals surface area contributed by atoms with Gasteiger partial charge >= 0.3 is 0 Å². The number of alkyl halides is 2. The summed E-state index contributed by atoms with van der Waals surface area (Å²) >= 11 is 11.2. The van der Waals surface area contributed by atoms with Crippen LogP contribution in [0.2, 0.25) is 0 Å². The highest BCUT2D eigenvalue weighted by molar-refractivity contribution is 7.88. The van der Waals surface area contributed by atoms with Crippen molar-refractivity contribution in [3.05, 3.63) is 35.9 Å². The topological polar surface area (TPSA) is 37.4 Å². The monoisotopic (exact) mass is 295 g/mol. The van der Waals surface area contributed by atoms with E-state index in [1.807, 2.05) is 18.2 Å². The van der Waals surface area contributed by atoms with Gasteiger partial charge in [0, 0.05) is 24.8 Å². The van der Waals surface area contributed by atoms with Gasteiger partial charge in [0.2, 0.25) is 10.0 Å². The van der Waals surface area contributed by atoms with Crippen LogP contribution < -0.4 is 0 Å². The quantitative estimate of drug-likeness (QED) is 0.724. The van der Waals surface area contributed by atoms with E-state index in [2.05, 4.69) is 0 Å². The molecule has 0 heterocycles. The van der Waals surface area contributed by atoms with Crippen molar-refractivity contribution in [3.8, 4) is 0 Å². The molecular weight excluding hydrogens is 281 g/mol. The van der Waals surface area contributed by atoms with Crippen molar-refractivity contribution in [3.63, 3.8) is 0 Å². The summed E-state index contributed by atoms with van der Waals surface area (Å²) in [5.41, 5.74) is 0.765. The Hall–Kier alpha value is -0.290. The van der Waals surface area contributed by atoms with Gasteiger partial charge in [0.1, 0.15) is 0 Å². The van der Waals surface area contributed by atoms with E-state index >= 15 is 0 Å². The number of hydrogen-bond acceptors (Lipinski definition) is 2. The molecule has 0 atom stereocenters. The van der Waals surface area contributed by atoms with Crippen LogP contribution in [-0.2, 0) is 15.8 Å². The number of benzene rings is 1. The summed E-state index contributed by atoms with van der Waals surface area (Å²) < 4.78 is 25.5. The van der Waals surface area contributed by atoms with Gasteiger partial charge in [-0.15, -0.1) is 23.2 Å². The first-order chi connectivity index (χ1) is 8.10. The molecule has 0 aliphatic heterocycles. The smallest absolute Gasteiger partial charge is 0.212 e. The lowest BCUT2D eigenvalue weighted by atomic mass is 10.2. The Morgan fingerprint density at radius 2 is 1.53 bits per heavy atom. The predicted molar refractivity (Wildman–Crippen MR) is 72.1 cm³/mol. The Kier molecular flexibility index (Phi) is 6.27. The molecule has 1 aromatic carbocycles. The molecule has 6 heteroatoms. The average Bonchev–Trinajstić information content (AvgIpc) is 2.29. The van der Waals surface area contributed by atoms with E-state index < -0.39 is 10.0 Å². The van der Waals surface area contributed by atoms with E-state index in [1.54, 1.807) is 12.1 Å². The van der Waals surface area contributed by atoms with E-state index in [0.29, 0.717) is 13.1 Å². The molecule has 17 heavy (non-hydrogen) atoms. The van der Waals surface area contributed by atoms with E-state index in [0.717, 1.165) is 5.56 Å². The van der Waals surface area contributed by atoms with Crippen LogP contribution >= 0.6 is 23.2 Å². The molecule has 0 saturated carbocycles. The Bertz CT molecular complexity index is 416. The number of halogens is 2. The Labute approximate surface area is 112 Å². The minimum atomic E-state index is -3.34. The van der Waals surface area contributed by atoms with Gasteiger partial charge in [0.05, 0.1) is 5.75 Å². The van der Waals surface area contributed by atoms with E-state index in [1.165, 1.54) is 4.31 Å². The highest BCUT2D eigenvalue weighted by Gasteiger charge is 2.21. The second-order valence-corrected chi connectivity index (χ2v) is 6.24. The van der Waals surface area contributed by atoms with Crippen molar-refractivity contribution in [1.29, 1.82) is 0 Å². The third-order valence-corrected chi connectivity index (χ3v) is 4.44. The number of rotatable bonds is 7. The summed E-state index contributed by atoms with van der Waals surface area (Å²) in [6.45, 7) is 0.590. The lowest BCUT2D eigenvalue weighted by Crippen LogP contribution is -2.35. The Balaban J connectivity index is 2.78. The molecule has 0 spiro atoms. The first-order valence-electron chi connectivity index (χ1n) is 5.24. The van der Waals surface area contributed by atoms with Crippen molar-refractivity contribution in [2.24, 2.45) is 0 Å². The molecule has 96 valence electrons. The molecule has 3 nitrogen and oxygen atoms in total. The van der Waals surface area contributed by atoms with Crippen LogP contribution in [0.15, 0.2) is 30.3 Å². The van der Waals surface area contributed by atoms with Crippen molar-refractivity contribution in [1.82, 2.24) is 4.31 Å². The molecule has 0 unspecified atom stereocenters. The summed E-state index contributed by atoms with van der Waals surface area (Å²) in [6.07, 6.45) is 0. The van der Waals surface area contributed by atoms with Gasteiger partial charge in [-0.2, -0.15) is 4.31 Å². The zero-order valence-electron chi connectivity index (χ0n) is 9.35. The largest absolute Gasteiger partial charge is 0.218 e. The molecule has 0 radical (unpaired) electrons. The number of sulfonamides is 1. The SMILES string of the molecule is O=S(=O)(Cc1ccccc1)N(CCCl)CCCl. The molecule has 0 saturated heterocycles. The van der Waals surface area contributed by atoms with E-state index in [4.69, 9.17) is 23.2 Å². The average molecular weight is 296 g/mol. The van der Waals surface area contributed by atoms with Crippen LogP contribution in [0.5, 0.6) is 0 Å². The fourth-order valence-corrected chi connectivity index (χ4v) is 3.60. The van der Waals surface area contributed by atoms with Crippen LogP contribution in [0, 0.1) is 0 Å². The summed E-state index contributed by atoms with van der Waals surface area (Å²) in [7, 11) is -3.34. The Morgan fingerprint density at radius 3 is 2.00 bits per heavy atom. The fraction of sp³-hybridized carbons (Fsp3) is 0.455. The van der Waals surface area contributed by atoms with Crippen LogP contribution in [0.1, 0.15) is 5.56 Å². The second kappa shape index (κ2) is 7.21. The molecular formula is C11H15Cl2NO2S. The van der Waals surface area contributed by atoms with Crippen LogP contribution in [0.25, 0.3) is 0 Å². The maximum absolute atomic E-state index is 12.1. The molecule has 0 aliphatic carbocycles. The predicted octanol–water partition coefficient (Wildman–Crippen LogP) is 2.30. The minimum absolute atomic E-state index is 0.0123. The molecule has 0 aliphatic rings. The van der Waals surface area contributed by atoms with Gasteiger partial charge in [0.25, 0.3) is 0 Å². The zero-order chi connectivity index (χ0) is 12.7. The molecule has 0 N–H and O–H groups in total. The maximum Gasteiger partial charge on any atom is 0.218 e. The molecule has 0 fully saturated rings. The number of hydrogen-bond donors (Lipinski definition) is 0. The molecule has 0 amide bonds. The fourth-order valence-electron chi connectivity index (χ4n) is 1.45. The van der Waals surface area contributed by atoms with Crippen molar-refractivity contribution in [2.75, 3.05) is 24.8 Å². The maximum atomic E-state index is 12.1. The van der Waals surface area contributed by atoms with E-state index in [9.17, 15) is 8.42 Å². The van der Waals surface area contributed by atoms with Gasteiger partial charge in [-0.1, -0.05) is 30.3 Å². The zero-order valence-corrected chi connectivity index (χ0v) is 11.7. The minimum Gasteiger partial charge on any atom is -0.212 e. The second-order valence-electron chi connectivity index (χ2n) is 3.52. The van der Waals surface area contributed by atoms with Crippen LogP contribution in [0.4, 0.5) is 0 Å². The first kappa shape index (κ1) is 14.8. The first-order valence-corrected chi connectivity index (χ1v) is 7.91. The standard InChI is InChI=1S/C11H15Cl2NO2S/c12-6-8-14(9-7-13)17(15,16)10-11-4-2-1-3-5-11/h1-5H,6-10H2. The normalized spacial score (nSPS) is 11.9. The summed E-state index contributed by atoms with van der Waals surface area (Å²) in [5.74, 6) is 0.525. The Morgan fingerprint density at radius 1 is 1.00 bits per heavy atom. The van der Waals surface area contributed by atoms with Crippen molar-refractivity contribution >= 4 is 33.2 Å². The molecule has 0 bridgehead atoms. The van der Waals surface area contributed by atoms with Gasteiger partial charge in [-0.05, 0) is 5.56 Å². The van der Waals surface area contributed by atoms with Crippen molar-refractivity contribution in [2.45, 2.75) is 5.75 Å². The van der Waals surface area contributed by atoms with Crippen LogP contribution in [-0.4, -0.2) is 37.6 Å². The molecule has 1 rings (SSSR count). The molecule has 0 aromatic heterocycles. The van der Waals surface area contributed by atoms with Crippen molar-refractivity contribution < 1.29 is 8.42 Å².